The number of rotatable bonds is 4. The monoisotopic (exact) mass is 267 g/mol. The second kappa shape index (κ2) is 5.56. The Kier molecular flexibility index (Phi) is 4.07. The molecule has 0 aliphatic rings. The van der Waals surface area contributed by atoms with Gasteiger partial charge >= 0.3 is 0 Å². The van der Waals surface area contributed by atoms with Gasteiger partial charge in [-0.1, -0.05) is 55.4 Å². The van der Waals surface area contributed by atoms with Crippen molar-refractivity contribution in [2.45, 2.75) is 30.7 Å². The molecule has 3 nitrogen and oxygen atoms in total. The third-order valence-corrected chi connectivity index (χ3v) is 3.61. The van der Waals surface area contributed by atoms with Gasteiger partial charge in [0.05, 0.1) is 0 Å². The van der Waals surface area contributed by atoms with E-state index in [2.05, 4.69) is 29.0 Å². The fraction of sp³-hybridized carbons (Fsp3) is 0.333. The van der Waals surface area contributed by atoms with Crippen LogP contribution in [0.15, 0.2) is 29.4 Å². The van der Waals surface area contributed by atoms with Gasteiger partial charge in [0.2, 0.25) is 5.16 Å². The molecule has 5 heteroatoms. The molecule has 1 N–H and O–H groups in total. The summed E-state index contributed by atoms with van der Waals surface area (Å²) in [5.74, 6) is 2.08. The second-order valence-corrected chi connectivity index (χ2v) is 5.39. The molecule has 0 unspecified atom stereocenters. The first-order valence-electron chi connectivity index (χ1n) is 5.45. The highest BCUT2D eigenvalue weighted by Crippen LogP contribution is 2.24. The average Bonchev–Trinajstić information content (AvgIpc) is 2.77. The van der Waals surface area contributed by atoms with Gasteiger partial charge in [0.1, 0.15) is 5.82 Å². The minimum atomic E-state index is 0.372. The first kappa shape index (κ1) is 12.5. The van der Waals surface area contributed by atoms with Crippen LogP contribution >= 0.6 is 23.4 Å². The van der Waals surface area contributed by atoms with Gasteiger partial charge in [0.15, 0.2) is 0 Å². The van der Waals surface area contributed by atoms with E-state index in [4.69, 9.17) is 11.6 Å². The van der Waals surface area contributed by atoms with E-state index >= 15 is 0 Å². The Morgan fingerprint density at radius 2 is 2.12 bits per heavy atom. The quantitative estimate of drug-likeness (QED) is 0.855. The van der Waals surface area contributed by atoms with E-state index in [0.29, 0.717) is 5.92 Å². The number of hydrogen-bond acceptors (Lipinski definition) is 3. The third-order valence-electron chi connectivity index (χ3n) is 2.34. The number of H-pyrrole nitrogens is 1. The van der Waals surface area contributed by atoms with Crippen molar-refractivity contribution in [3.8, 4) is 0 Å². The topological polar surface area (TPSA) is 41.6 Å². The first-order chi connectivity index (χ1) is 8.16. The number of hydrogen-bond donors (Lipinski definition) is 1. The van der Waals surface area contributed by atoms with Crippen LogP contribution in [0.2, 0.25) is 5.02 Å². The van der Waals surface area contributed by atoms with Crippen LogP contribution in [-0.4, -0.2) is 15.2 Å². The maximum Gasteiger partial charge on any atom is 0.208 e. The largest absolute Gasteiger partial charge is 0.262 e. The van der Waals surface area contributed by atoms with Crippen molar-refractivity contribution >= 4 is 23.4 Å². The zero-order valence-corrected chi connectivity index (χ0v) is 11.3. The highest BCUT2D eigenvalue weighted by atomic mass is 35.5. The molecule has 0 saturated heterocycles. The van der Waals surface area contributed by atoms with Crippen molar-refractivity contribution in [1.82, 2.24) is 15.2 Å². The molecule has 1 heterocycles. The van der Waals surface area contributed by atoms with Gasteiger partial charge in [-0.25, -0.2) is 4.98 Å². The zero-order chi connectivity index (χ0) is 12.3. The molecule has 1 aromatic heterocycles. The molecule has 17 heavy (non-hydrogen) atoms. The summed E-state index contributed by atoms with van der Waals surface area (Å²) in [5.41, 5.74) is 1.11. The Hall–Kier alpha value is -1.00. The molecule has 0 saturated carbocycles. The minimum Gasteiger partial charge on any atom is -0.262 e. The molecular weight excluding hydrogens is 254 g/mol. The van der Waals surface area contributed by atoms with E-state index in [1.54, 1.807) is 11.8 Å². The molecule has 2 rings (SSSR count). The van der Waals surface area contributed by atoms with Gasteiger partial charge in [-0.2, -0.15) is 0 Å². The van der Waals surface area contributed by atoms with Gasteiger partial charge in [0.25, 0.3) is 0 Å². The Labute approximate surface area is 110 Å². The molecule has 0 bridgehead atoms. The average molecular weight is 268 g/mol. The number of benzene rings is 1. The van der Waals surface area contributed by atoms with Crippen LogP contribution in [0.25, 0.3) is 0 Å². The van der Waals surface area contributed by atoms with Gasteiger partial charge < -0.3 is 0 Å². The van der Waals surface area contributed by atoms with Crippen LogP contribution in [0, 0.1) is 0 Å². The Morgan fingerprint density at radius 1 is 1.35 bits per heavy atom. The lowest BCUT2D eigenvalue weighted by Gasteiger charge is -2.00. The fourth-order valence-electron chi connectivity index (χ4n) is 1.34. The molecule has 1 aromatic carbocycles. The smallest absolute Gasteiger partial charge is 0.208 e. The summed E-state index contributed by atoms with van der Waals surface area (Å²) in [6.07, 6.45) is 0. The Morgan fingerprint density at radius 3 is 2.76 bits per heavy atom. The minimum absolute atomic E-state index is 0.372. The van der Waals surface area contributed by atoms with E-state index in [0.717, 1.165) is 27.3 Å². The highest BCUT2D eigenvalue weighted by Gasteiger charge is 2.08. The number of nitrogens with one attached hydrogen (secondary N) is 1. The van der Waals surface area contributed by atoms with E-state index in [9.17, 15) is 0 Å². The summed E-state index contributed by atoms with van der Waals surface area (Å²) < 4.78 is 0. The predicted molar refractivity (Wildman–Crippen MR) is 71.5 cm³/mol. The van der Waals surface area contributed by atoms with Crippen LogP contribution in [-0.2, 0) is 5.75 Å². The van der Waals surface area contributed by atoms with Gasteiger partial charge in [-0.3, -0.25) is 5.10 Å². The number of thioether (sulfide) groups is 1. The van der Waals surface area contributed by atoms with Crippen LogP contribution in [0.4, 0.5) is 0 Å². The fourth-order valence-corrected chi connectivity index (χ4v) is 2.43. The number of nitrogens with zero attached hydrogens (tertiary/aromatic N) is 2. The number of aromatic nitrogens is 3. The van der Waals surface area contributed by atoms with Crippen LogP contribution < -0.4 is 0 Å². The van der Waals surface area contributed by atoms with E-state index in [1.807, 2.05) is 24.3 Å². The van der Waals surface area contributed by atoms with Crippen LogP contribution in [0.3, 0.4) is 0 Å². The molecule has 0 aliphatic heterocycles. The molecule has 0 spiro atoms. The van der Waals surface area contributed by atoms with Crippen LogP contribution in [0.5, 0.6) is 0 Å². The van der Waals surface area contributed by atoms with Crippen molar-refractivity contribution < 1.29 is 0 Å². The number of aromatic amines is 1. The summed E-state index contributed by atoms with van der Waals surface area (Å²) in [5, 5.41) is 8.67. The van der Waals surface area contributed by atoms with Crippen molar-refractivity contribution in [3.05, 3.63) is 40.7 Å². The van der Waals surface area contributed by atoms with Gasteiger partial charge in [-0.15, -0.1) is 5.10 Å². The highest BCUT2D eigenvalue weighted by molar-refractivity contribution is 7.98. The predicted octanol–water partition coefficient (Wildman–Crippen LogP) is 3.87. The molecule has 0 radical (unpaired) electrons. The molecular formula is C12H14ClN3S. The summed E-state index contributed by atoms with van der Waals surface area (Å²) in [4.78, 5) is 4.41. The van der Waals surface area contributed by atoms with Gasteiger partial charge in [0, 0.05) is 16.7 Å². The molecule has 0 aliphatic carbocycles. The molecule has 0 fully saturated rings. The SMILES string of the molecule is CC(C)c1nc(SCc2ccccc2Cl)n[nH]1. The normalized spacial score (nSPS) is 11.1. The lowest BCUT2D eigenvalue weighted by Crippen LogP contribution is -1.89. The summed E-state index contributed by atoms with van der Waals surface area (Å²) in [6, 6.07) is 7.83. The summed E-state index contributed by atoms with van der Waals surface area (Å²) >= 11 is 7.67. The first-order valence-corrected chi connectivity index (χ1v) is 6.81. The molecule has 0 atom stereocenters. The Balaban J connectivity index is 2.00. The standard InChI is InChI=1S/C12H14ClN3S/c1-8(2)11-14-12(16-15-11)17-7-9-5-3-4-6-10(9)13/h3-6,8H,7H2,1-2H3,(H,14,15,16). The van der Waals surface area contributed by atoms with E-state index in [1.165, 1.54) is 0 Å². The van der Waals surface area contributed by atoms with Crippen molar-refractivity contribution in [3.63, 3.8) is 0 Å². The molecule has 0 amide bonds. The van der Waals surface area contributed by atoms with E-state index in [-0.39, 0.29) is 0 Å². The van der Waals surface area contributed by atoms with Crippen LogP contribution in [0.1, 0.15) is 31.2 Å². The van der Waals surface area contributed by atoms with Crippen molar-refractivity contribution in [1.29, 1.82) is 0 Å². The molecule has 2 aromatic rings. The second-order valence-electron chi connectivity index (χ2n) is 4.04. The maximum atomic E-state index is 6.08. The van der Waals surface area contributed by atoms with Gasteiger partial charge in [-0.05, 0) is 11.6 Å². The molecule has 90 valence electrons. The summed E-state index contributed by atoms with van der Waals surface area (Å²) in [7, 11) is 0. The lowest BCUT2D eigenvalue weighted by molar-refractivity contribution is 0.780. The maximum absolute atomic E-state index is 6.08. The lowest BCUT2D eigenvalue weighted by atomic mass is 10.2. The van der Waals surface area contributed by atoms with E-state index < -0.39 is 0 Å². The zero-order valence-electron chi connectivity index (χ0n) is 9.77. The van der Waals surface area contributed by atoms with Crippen molar-refractivity contribution in [2.75, 3.05) is 0 Å². The third kappa shape index (κ3) is 3.23. The van der Waals surface area contributed by atoms with Crippen molar-refractivity contribution in [2.24, 2.45) is 0 Å². The Bertz CT molecular complexity index is 496. The summed E-state index contributed by atoms with van der Waals surface area (Å²) in [6.45, 7) is 4.17. The number of halogens is 1.